The van der Waals surface area contributed by atoms with Crippen molar-refractivity contribution in [2.24, 2.45) is 0 Å². The summed E-state index contributed by atoms with van der Waals surface area (Å²) in [5.74, 6) is 0.871. The first-order valence-corrected chi connectivity index (χ1v) is 8.28. The van der Waals surface area contributed by atoms with Gasteiger partial charge in [-0.3, -0.25) is 24.2 Å². The van der Waals surface area contributed by atoms with Gasteiger partial charge in [0.2, 0.25) is 18.6 Å². The number of hydrogen-bond donors (Lipinski definition) is 0. The SMILES string of the molecule is CN1C(=O)CC(N2CCN(C(=O)c3ccc4c(c3)OCO4)CC2)C1=O. The standard InChI is InChI=1S/C17H19N3O5/c1-18-15(21)9-12(17(18)23)19-4-6-20(7-5-19)16(22)11-2-3-13-14(8-11)25-10-24-13/h2-3,8,12H,4-7,9-10H2,1H3. The van der Waals surface area contributed by atoms with Crippen molar-refractivity contribution in [1.29, 1.82) is 0 Å². The smallest absolute Gasteiger partial charge is 0.254 e. The Kier molecular flexibility index (Phi) is 3.84. The summed E-state index contributed by atoms with van der Waals surface area (Å²) in [4.78, 5) is 41.4. The van der Waals surface area contributed by atoms with Crippen LogP contribution >= 0.6 is 0 Å². The van der Waals surface area contributed by atoms with E-state index in [1.165, 1.54) is 11.9 Å². The normalized spacial score (nSPS) is 23.5. The summed E-state index contributed by atoms with van der Waals surface area (Å²) in [7, 11) is 1.52. The molecule has 8 heteroatoms. The molecular formula is C17H19N3O5. The minimum Gasteiger partial charge on any atom is -0.454 e. The molecule has 0 aliphatic carbocycles. The van der Waals surface area contributed by atoms with Crippen LogP contribution in [0.15, 0.2) is 18.2 Å². The number of fused-ring (bicyclic) bond motifs is 1. The maximum atomic E-state index is 12.7. The van der Waals surface area contributed by atoms with Gasteiger partial charge in [0.1, 0.15) is 0 Å². The van der Waals surface area contributed by atoms with Crippen LogP contribution in [0.25, 0.3) is 0 Å². The zero-order chi connectivity index (χ0) is 17.6. The largest absolute Gasteiger partial charge is 0.454 e. The van der Waals surface area contributed by atoms with Gasteiger partial charge in [0, 0.05) is 38.8 Å². The fourth-order valence-electron chi connectivity index (χ4n) is 3.47. The van der Waals surface area contributed by atoms with E-state index in [0.717, 1.165) is 0 Å². The van der Waals surface area contributed by atoms with Crippen LogP contribution in [0.3, 0.4) is 0 Å². The Bertz CT molecular complexity index is 742. The first-order chi connectivity index (χ1) is 12.0. The Morgan fingerprint density at radius 1 is 1.08 bits per heavy atom. The number of imide groups is 1. The third kappa shape index (κ3) is 2.72. The van der Waals surface area contributed by atoms with Gasteiger partial charge in [-0.1, -0.05) is 0 Å². The molecule has 8 nitrogen and oxygen atoms in total. The molecule has 4 rings (SSSR count). The summed E-state index contributed by atoms with van der Waals surface area (Å²) in [6, 6.07) is 4.78. The number of benzene rings is 1. The van der Waals surface area contributed by atoms with Crippen molar-refractivity contribution in [3.05, 3.63) is 23.8 Å². The number of likely N-dealkylation sites (N-methyl/N-ethyl adjacent to an activating group) is 1. The predicted octanol–water partition coefficient (Wildman–Crippen LogP) is -0.0696. The second kappa shape index (κ2) is 6.03. The van der Waals surface area contributed by atoms with Crippen molar-refractivity contribution in [2.75, 3.05) is 40.0 Å². The van der Waals surface area contributed by atoms with Crippen LogP contribution in [0.2, 0.25) is 0 Å². The third-order valence-electron chi connectivity index (χ3n) is 5.02. The maximum Gasteiger partial charge on any atom is 0.254 e. The minimum atomic E-state index is -0.389. The Labute approximate surface area is 144 Å². The number of likely N-dealkylation sites (tertiary alicyclic amines) is 1. The van der Waals surface area contributed by atoms with Gasteiger partial charge in [-0.25, -0.2) is 0 Å². The van der Waals surface area contributed by atoms with E-state index in [2.05, 4.69) is 0 Å². The monoisotopic (exact) mass is 345 g/mol. The van der Waals surface area contributed by atoms with Crippen LogP contribution in [-0.2, 0) is 9.59 Å². The Morgan fingerprint density at radius 2 is 1.80 bits per heavy atom. The zero-order valence-corrected chi connectivity index (χ0v) is 13.9. The van der Waals surface area contributed by atoms with E-state index in [4.69, 9.17) is 9.47 Å². The number of hydrogen-bond acceptors (Lipinski definition) is 6. The van der Waals surface area contributed by atoms with Gasteiger partial charge in [-0.05, 0) is 18.2 Å². The quantitative estimate of drug-likeness (QED) is 0.698. The van der Waals surface area contributed by atoms with Crippen molar-refractivity contribution >= 4 is 17.7 Å². The van der Waals surface area contributed by atoms with Gasteiger partial charge in [0.25, 0.3) is 5.91 Å². The fourth-order valence-corrected chi connectivity index (χ4v) is 3.47. The van der Waals surface area contributed by atoms with E-state index in [0.29, 0.717) is 43.2 Å². The summed E-state index contributed by atoms with van der Waals surface area (Å²) < 4.78 is 10.6. The van der Waals surface area contributed by atoms with Gasteiger partial charge in [0.15, 0.2) is 11.5 Å². The summed E-state index contributed by atoms with van der Waals surface area (Å²) in [5.41, 5.74) is 0.560. The lowest BCUT2D eigenvalue weighted by Crippen LogP contribution is -2.53. The number of carbonyl (C=O) groups excluding carboxylic acids is 3. The van der Waals surface area contributed by atoms with Crippen molar-refractivity contribution in [3.63, 3.8) is 0 Å². The lowest BCUT2D eigenvalue weighted by Gasteiger charge is -2.37. The summed E-state index contributed by atoms with van der Waals surface area (Å²) in [5, 5.41) is 0. The number of ether oxygens (including phenoxy) is 2. The number of carbonyl (C=O) groups is 3. The number of piperazine rings is 1. The lowest BCUT2D eigenvalue weighted by molar-refractivity contribution is -0.138. The van der Waals surface area contributed by atoms with Crippen LogP contribution < -0.4 is 9.47 Å². The molecule has 0 saturated carbocycles. The zero-order valence-electron chi connectivity index (χ0n) is 13.9. The van der Waals surface area contributed by atoms with Crippen molar-refractivity contribution < 1.29 is 23.9 Å². The van der Waals surface area contributed by atoms with Crippen LogP contribution in [0, 0.1) is 0 Å². The molecule has 2 saturated heterocycles. The molecule has 1 atom stereocenters. The van der Waals surface area contributed by atoms with E-state index < -0.39 is 0 Å². The number of rotatable bonds is 2. The first-order valence-electron chi connectivity index (χ1n) is 8.28. The summed E-state index contributed by atoms with van der Waals surface area (Å²) in [6.07, 6.45) is 0.228. The van der Waals surface area contributed by atoms with E-state index in [1.807, 2.05) is 4.90 Å². The highest BCUT2D eigenvalue weighted by molar-refractivity contribution is 6.05. The van der Waals surface area contributed by atoms with Gasteiger partial charge in [-0.2, -0.15) is 0 Å². The van der Waals surface area contributed by atoms with Crippen molar-refractivity contribution in [1.82, 2.24) is 14.7 Å². The predicted molar refractivity (Wildman–Crippen MR) is 86.2 cm³/mol. The second-order valence-electron chi connectivity index (χ2n) is 6.41. The minimum absolute atomic E-state index is 0.0658. The molecule has 3 aliphatic rings. The topological polar surface area (TPSA) is 79.4 Å². The van der Waals surface area contributed by atoms with Crippen LogP contribution in [-0.4, -0.2) is 78.5 Å². The molecule has 1 aromatic carbocycles. The van der Waals surface area contributed by atoms with Crippen LogP contribution in [0.5, 0.6) is 11.5 Å². The van der Waals surface area contributed by atoms with Gasteiger partial charge in [0.05, 0.1) is 12.5 Å². The maximum absolute atomic E-state index is 12.7. The molecule has 25 heavy (non-hydrogen) atoms. The van der Waals surface area contributed by atoms with Gasteiger partial charge < -0.3 is 14.4 Å². The highest BCUT2D eigenvalue weighted by atomic mass is 16.7. The van der Waals surface area contributed by atoms with E-state index in [1.54, 1.807) is 23.1 Å². The Morgan fingerprint density at radius 3 is 2.48 bits per heavy atom. The van der Waals surface area contributed by atoms with Gasteiger partial charge in [-0.15, -0.1) is 0 Å². The highest BCUT2D eigenvalue weighted by Crippen LogP contribution is 2.33. The molecule has 132 valence electrons. The van der Waals surface area contributed by atoms with Crippen molar-refractivity contribution in [3.8, 4) is 11.5 Å². The van der Waals surface area contributed by atoms with Crippen molar-refractivity contribution in [2.45, 2.75) is 12.5 Å². The molecule has 3 aliphatic heterocycles. The molecule has 2 fully saturated rings. The van der Waals surface area contributed by atoms with E-state index in [9.17, 15) is 14.4 Å². The van der Waals surface area contributed by atoms with Crippen LogP contribution in [0.1, 0.15) is 16.8 Å². The number of amides is 3. The molecule has 0 N–H and O–H groups in total. The van der Waals surface area contributed by atoms with E-state index >= 15 is 0 Å². The molecule has 0 spiro atoms. The third-order valence-corrected chi connectivity index (χ3v) is 5.02. The Hall–Kier alpha value is -2.61. The average Bonchev–Trinajstić information content (AvgIpc) is 3.21. The number of nitrogens with zero attached hydrogens (tertiary/aromatic N) is 3. The molecule has 1 unspecified atom stereocenters. The second-order valence-corrected chi connectivity index (χ2v) is 6.41. The van der Waals surface area contributed by atoms with Crippen LogP contribution in [0.4, 0.5) is 0 Å². The molecular weight excluding hydrogens is 326 g/mol. The molecule has 1 aromatic rings. The molecule has 3 heterocycles. The molecule has 0 radical (unpaired) electrons. The average molecular weight is 345 g/mol. The highest BCUT2D eigenvalue weighted by Gasteiger charge is 2.41. The van der Waals surface area contributed by atoms with E-state index in [-0.39, 0.29) is 37.0 Å². The molecule has 0 bridgehead atoms. The molecule has 0 aromatic heterocycles. The summed E-state index contributed by atoms with van der Waals surface area (Å²) >= 11 is 0. The lowest BCUT2D eigenvalue weighted by atomic mass is 10.1. The first kappa shape index (κ1) is 15.9. The molecule has 3 amide bonds. The fraction of sp³-hybridized carbons (Fsp3) is 0.471. The Balaban J connectivity index is 1.39. The van der Waals surface area contributed by atoms with Gasteiger partial charge >= 0.3 is 0 Å². The summed E-state index contributed by atoms with van der Waals surface area (Å²) in [6.45, 7) is 2.37.